The van der Waals surface area contributed by atoms with Gasteiger partial charge in [-0.3, -0.25) is 0 Å². The second kappa shape index (κ2) is 4.63. The smallest absolute Gasteiger partial charge is 0.135 e. The highest BCUT2D eigenvalue weighted by Crippen LogP contribution is 2.20. The van der Waals surface area contributed by atoms with Gasteiger partial charge in [0.05, 0.1) is 0 Å². The maximum atomic E-state index is 13.4. The SMILES string of the molecule is OC(Cc1ccc(Cl)cc1F)c1ncc[nH]1. The molecule has 1 aromatic heterocycles. The highest BCUT2D eigenvalue weighted by atomic mass is 35.5. The molecule has 2 N–H and O–H groups in total. The number of hydrogen-bond acceptors (Lipinski definition) is 2. The number of H-pyrrole nitrogens is 1. The molecule has 2 aromatic rings. The Bertz CT molecular complexity index is 473. The molecule has 3 nitrogen and oxygen atoms in total. The number of halogens is 2. The van der Waals surface area contributed by atoms with Gasteiger partial charge >= 0.3 is 0 Å². The Kier molecular flexibility index (Phi) is 3.22. The average Bonchev–Trinajstić information content (AvgIpc) is 2.75. The summed E-state index contributed by atoms with van der Waals surface area (Å²) in [6.07, 6.45) is 2.47. The molecule has 0 aliphatic carbocycles. The number of aromatic amines is 1. The van der Waals surface area contributed by atoms with E-state index < -0.39 is 11.9 Å². The van der Waals surface area contributed by atoms with E-state index in [0.717, 1.165) is 0 Å². The normalized spacial score (nSPS) is 12.7. The third-order valence-corrected chi connectivity index (χ3v) is 2.50. The minimum Gasteiger partial charge on any atom is -0.385 e. The van der Waals surface area contributed by atoms with Crippen LogP contribution >= 0.6 is 11.6 Å². The largest absolute Gasteiger partial charge is 0.385 e. The molecule has 5 heteroatoms. The molecular weight excluding hydrogens is 231 g/mol. The van der Waals surface area contributed by atoms with Gasteiger partial charge < -0.3 is 10.1 Å². The van der Waals surface area contributed by atoms with Crippen molar-refractivity contribution in [3.63, 3.8) is 0 Å². The van der Waals surface area contributed by atoms with Crippen LogP contribution in [0.3, 0.4) is 0 Å². The second-order valence-corrected chi connectivity index (χ2v) is 3.87. The molecule has 1 aromatic carbocycles. The summed E-state index contributed by atoms with van der Waals surface area (Å²) >= 11 is 5.63. The van der Waals surface area contributed by atoms with Crippen LogP contribution < -0.4 is 0 Å². The lowest BCUT2D eigenvalue weighted by Gasteiger charge is -2.08. The molecule has 0 spiro atoms. The topological polar surface area (TPSA) is 48.9 Å². The van der Waals surface area contributed by atoms with Crippen molar-refractivity contribution in [1.82, 2.24) is 9.97 Å². The van der Waals surface area contributed by atoms with Gasteiger partial charge in [0.2, 0.25) is 0 Å². The number of aliphatic hydroxyl groups excluding tert-OH is 1. The Morgan fingerprint density at radius 1 is 1.50 bits per heavy atom. The molecule has 0 aliphatic heterocycles. The van der Waals surface area contributed by atoms with Crippen LogP contribution in [0.5, 0.6) is 0 Å². The zero-order chi connectivity index (χ0) is 11.5. The number of hydrogen-bond donors (Lipinski definition) is 2. The van der Waals surface area contributed by atoms with Crippen LogP contribution in [0.1, 0.15) is 17.5 Å². The van der Waals surface area contributed by atoms with Gasteiger partial charge in [0, 0.05) is 23.8 Å². The zero-order valence-corrected chi connectivity index (χ0v) is 9.08. The van der Waals surface area contributed by atoms with Crippen LogP contribution in [0.15, 0.2) is 30.6 Å². The first kappa shape index (κ1) is 11.1. The number of imidazole rings is 1. The van der Waals surface area contributed by atoms with E-state index >= 15 is 0 Å². The van der Waals surface area contributed by atoms with Crippen LogP contribution in [0, 0.1) is 5.82 Å². The van der Waals surface area contributed by atoms with Gasteiger partial charge in [0.1, 0.15) is 17.7 Å². The molecule has 84 valence electrons. The summed E-state index contributed by atoms with van der Waals surface area (Å²) in [4.78, 5) is 6.68. The van der Waals surface area contributed by atoms with Crippen LogP contribution in [0.2, 0.25) is 5.02 Å². The molecule has 1 atom stereocenters. The Balaban J connectivity index is 2.15. The Morgan fingerprint density at radius 3 is 2.94 bits per heavy atom. The van der Waals surface area contributed by atoms with E-state index in [1.165, 1.54) is 12.3 Å². The number of nitrogens with one attached hydrogen (secondary N) is 1. The summed E-state index contributed by atoms with van der Waals surface area (Å²) in [6, 6.07) is 4.38. The number of aliphatic hydroxyl groups is 1. The lowest BCUT2D eigenvalue weighted by atomic mass is 10.1. The van der Waals surface area contributed by atoms with Gasteiger partial charge in [-0.05, 0) is 17.7 Å². The molecule has 16 heavy (non-hydrogen) atoms. The van der Waals surface area contributed by atoms with E-state index in [1.807, 2.05) is 0 Å². The standard InChI is InChI=1S/C11H10ClFN2O/c12-8-2-1-7(9(13)6-8)5-10(16)11-14-3-4-15-11/h1-4,6,10,16H,5H2,(H,14,15). The second-order valence-electron chi connectivity index (χ2n) is 3.43. The van der Waals surface area contributed by atoms with Gasteiger partial charge in [0.25, 0.3) is 0 Å². The molecule has 0 saturated carbocycles. The van der Waals surface area contributed by atoms with Gasteiger partial charge in [-0.25, -0.2) is 9.37 Å². The van der Waals surface area contributed by atoms with Crippen LogP contribution in [-0.2, 0) is 6.42 Å². The summed E-state index contributed by atoms with van der Waals surface area (Å²) in [6.45, 7) is 0. The van der Waals surface area contributed by atoms with E-state index in [1.54, 1.807) is 18.3 Å². The van der Waals surface area contributed by atoms with E-state index in [9.17, 15) is 9.50 Å². The fraction of sp³-hybridized carbons (Fsp3) is 0.182. The molecule has 0 amide bonds. The number of rotatable bonds is 3. The maximum Gasteiger partial charge on any atom is 0.135 e. The highest BCUT2D eigenvalue weighted by molar-refractivity contribution is 6.30. The first-order valence-corrected chi connectivity index (χ1v) is 5.16. The van der Waals surface area contributed by atoms with Crippen molar-refractivity contribution in [2.75, 3.05) is 0 Å². The quantitative estimate of drug-likeness (QED) is 0.866. The van der Waals surface area contributed by atoms with Crippen molar-refractivity contribution in [3.05, 3.63) is 52.8 Å². The van der Waals surface area contributed by atoms with Crippen LogP contribution in [0.25, 0.3) is 0 Å². The van der Waals surface area contributed by atoms with Gasteiger partial charge in [0.15, 0.2) is 0 Å². The molecule has 0 radical (unpaired) electrons. The monoisotopic (exact) mass is 240 g/mol. The first-order valence-electron chi connectivity index (χ1n) is 4.78. The van der Waals surface area contributed by atoms with Gasteiger partial charge in [-0.2, -0.15) is 0 Å². The van der Waals surface area contributed by atoms with Gasteiger partial charge in [-0.1, -0.05) is 17.7 Å². The van der Waals surface area contributed by atoms with Crippen LogP contribution in [0.4, 0.5) is 4.39 Å². The predicted octanol–water partition coefficient (Wildman–Crippen LogP) is 2.48. The Labute approximate surface area is 96.9 Å². The molecule has 2 rings (SSSR count). The number of nitrogens with zero attached hydrogens (tertiary/aromatic N) is 1. The van der Waals surface area contributed by atoms with Crippen molar-refractivity contribution >= 4 is 11.6 Å². The summed E-state index contributed by atoms with van der Waals surface area (Å²) in [5.74, 6) is 0.00690. The van der Waals surface area contributed by atoms with Crippen molar-refractivity contribution < 1.29 is 9.50 Å². The van der Waals surface area contributed by atoms with Crippen molar-refractivity contribution in [1.29, 1.82) is 0 Å². The number of aromatic nitrogens is 2. The molecule has 0 saturated heterocycles. The first-order chi connectivity index (χ1) is 7.66. The molecule has 0 bridgehead atoms. The van der Waals surface area contributed by atoms with E-state index in [2.05, 4.69) is 9.97 Å². The summed E-state index contributed by atoms with van der Waals surface area (Å²) in [5, 5.41) is 10.1. The third kappa shape index (κ3) is 2.40. The summed E-state index contributed by atoms with van der Waals surface area (Å²) in [7, 11) is 0. The van der Waals surface area contributed by atoms with E-state index in [0.29, 0.717) is 16.4 Å². The van der Waals surface area contributed by atoms with Gasteiger partial charge in [-0.15, -0.1) is 0 Å². The summed E-state index contributed by atoms with van der Waals surface area (Å²) in [5.41, 5.74) is 0.410. The van der Waals surface area contributed by atoms with E-state index in [-0.39, 0.29) is 6.42 Å². The fourth-order valence-corrected chi connectivity index (χ4v) is 1.61. The Hall–Kier alpha value is -1.39. The van der Waals surface area contributed by atoms with Crippen molar-refractivity contribution in [2.45, 2.75) is 12.5 Å². The number of benzene rings is 1. The molecule has 0 fully saturated rings. The maximum absolute atomic E-state index is 13.4. The van der Waals surface area contributed by atoms with Crippen LogP contribution in [-0.4, -0.2) is 15.1 Å². The lowest BCUT2D eigenvalue weighted by Crippen LogP contribution is -2.05. The third-order valence-electron chi connectivity index (χ3n) is 2.26. The molecular formula is C11H10ClFN2O. The minimum atomic E-state index is -0.842. The Morgan fingerprint density at radius 2 is 2.31 bits per heavy atom. The molecule has 0 aliphatic rings. The van der Waals surface area contributed by atoms with Crippen molar-refractivity contribution in [2.24, 2.45) is 0 Å². The highest BCUT2D eigenvalue weighted by Gasteiger charge is 2.13. The predicted molar refractivity (Wildman–Crippen MR) is 58.7 cm³/mol. The minimum absolute atomic E-state index is 0.163. The lowest BCUT2D eigenvalue weighted by molar-refractivity contribution is 0.168. The molecule has 1 heterocycles. The average molecular weight is 241 g/mol. The van der Waals surface area contributed by atoms with E-state index in [4.69, 9.17) is 11.6 Å². The summed E-state index contributed by atoms with van der Waals surface area (Å²) < 4.78 is 13.4. The van der Waals surface area contributed by atoms with Crippen molar-refractivity contribution in [3.8, 4) is 0 Å². The zero-order valence-electron chi connectivity index (χ0n) is 8.32. The fourth-order valence-electron chi connectivity index (χ4n) is 1.45. The molecule has 1 unspecified atom stereocenters.